The van der Waals surface area contributed by atoms with Crippen molar-refractivity contribution >= 4 is 11.8 Å². The molecule has 1 fully saturated rings. The number of aryl methyl sites for hydroxylation is 1. The molecule has 0 spiro atoms. The summed E-state index contributed by atoms with van der Waals surface area (Å²) in [6.07, 6.45) is 3.53. The smallest absolute Gasteiger partial charge is 0.320 e. The van der Waals surface area contributed by atoms with E-state index in [2.05, 4.69) is 20.5 Å². The Labute approximate surface area is 232 Å². The summed E-state index contributed by atoms with van der Waals surface area (Å²) in [6.45, 7) is 6.17. The van der Waals surface area contributed by atoms with E-state index in [0.717, 1.165) is 28.4 Å². The summed E-state index contributed by atoms with van der Waals surface area (Å²) < 4.78 is 34.7. The predicted octanol–water partition coefficient (Wildman–Crippen LogP) is 5.07. The first-order chi connectivity index (χ1) is 19.3. The lowest BCUT2D eigenvalue weighted by molar-refractivity contribution is 0.159. The minimum Gasteiger partial charge on any atom is -0.383 e. The third-order valence-corrected chi connectivity index (χ3v) is 7.20. The second-order valence-electron chi connectivity index (χ2n) is 10.1. The molecule has 2 amide bonds. The van der Waals surface area contributed by atoms with Crippen molar-refractivity contribution in [3.63, 3.8) is 0 Å². The van der Waals surface area contributed by atoms with Crippen LogP contribution in [0.15, 0.2) is 67.0 Å². The molecule has 40 heavy (non-hydrogen) atoms. The van der Waals surface area contributed by atoms with Gasteiger partial charge in [0, 0.05) is 56.2 Å². The number of para-hydroxylation sites is 1. The predicted molar refractivity (Wildman–Crippen MR) is 150 cm³/mol. The van der Waals surface area contributed by atoms with Crippen LogP contribution < -0.4 is 10.6 Å². The number of halogens is 2. The summed E-state index contributed by atoms with van der Waals surface area (Å²) in [5.74, 6) is -1.51. The molecule has 1 aliphatic rings. The summed E-state index contributed by atoms with van der Waals surface area (Å²) in [5.41, 5.74) is 4.76. The highest BCUT2D eigenvalue weighted by Gasteiger charge is 2.35. The number of aromatic nitrogens is 3. The van der Waals surface area contributed by atoms with Gasteiger partial charge in [0.15, 0.2) is 11.6 Å². The quantitative estimate of drug-likeness (QED) is 0.323. The Kier molecular flexibility index (Phi) is 8.18. The standard InChI is InChI=1S/C30H32F2N6O2/c1-19-13-22(16-33-15-19)28-20(2)29(38(36-28)23-7-5-4-6-8-23)35-30(39)34-27-18-37(11-12-40-3)17-24(27)21-9-10-25(31)26(32)14-21/h4-10,13-16,24,27H,11-12,17-18H2,1-3H3,(H2,34,35,39). The van der Waals surface area contributed by atoms with Gasteiger partial charge in [0.2, 0.25) is 0 Å². The van der Waals surface area contributed by atoms with Crippen LogP contribution in [0, 0.1) is 25.5 Å². The van der Waals surface area contributed by atoms with Gasteiger partial charge in [-0.2, -0.15) is 5.10 Å². The lowest BCUT2D eigenvalue weighted by atomic mass is 9.94. The minimum atomic E-state index is -0.906. The van der Waals surface area contributed by atoms with Crippen molar-refractivity contribution in [1.29, 1.82) is 0 Å². The molecule has 2 atom stereocenters. The first-order valence-electron chi connectivity index (χ1n) is 13.1. The number of nitrogens with zero attached hydrogens (tertiary/aromatic N) is 4. The Hall–Kier alpha value is -4.15. The molecule has 1 saturated heterocycles. The lowest BCUT2D eigenvalue weighted by Gasteiger charge is -2.21. The largest absolute Gasteiger partial charge is 0.383 e. The highest BCUT2D eigenvalue weighted by Crippen LogP contribution is 2.32. The fourth-order valence-electron chi connectivity index (χ4n) is 5.18. The van der Waals surface area contributed by atoms with Crippen molar-refractivity contribution in [1.82, 2.24) is 25.0 Å². The molecule has 0 radical (unpaired) electrons. The topological polar surface area (TPSA) is 84.3 Å². The number of pyridine rings is 1. The van der Waals surface area contributed by atoms with Gasteiger partial charge < -0.3 is 10.1 Å². The molecule has 2 unspecified atom stereocenters. The number of ether oxygens (including phenoxy) is 1. The Balaban J connectivity index is 1.43. The fourth-order valence-corrected chi connectivity index (χ4v) is 5.18. The number of hydrogen-bond donors (Lipinski definition) is 2. The second kappa shape index (κ2) is 11.9. The number of carbonyl (C=O) groups is 1. The van der Waals surface area contributed by atoms with Crippen molar-refractivity contribution in [3.05, 3.63) is 95.3 Å². The summed E-state index contributed by atoms with van der Waals surface area (Å²) >= 11 is 0. The van der Waals surface area contributed by atoms with Gasteiger partial charge in [0.05, 0.1) is 24.0 Å². The van der Waals surface area contributed by atoms with Gasteiger partial charge in [-0.25, -0.2) is 18.3 Å². The van der Waals surface area contributed by atoms with Gasteiger partial charge in [-0.05, 0) is 55.3 Å². The number of anilines is 1. The van der Waals surface area contributed by atoms with Crippen molar-refractivity contribution in [3.8, 4) is 16.9 Å². The number of hydrogen-bond acceptors (Lipinski definition) is 5. The molecule has 0 saturated carbocycles. The molecule has 10 heteroatoms. The number of methoxy groups -OCH3 is 1. The third kappa shape index (κ3) is 5.88. The van der Waals surface area contributed by atoms with E-state index in [4.69, 9.17) is 9.84 Å². The average Bonchev–Trinajstić information content (AvgIpc) is 3.50. The van der Waals surface area contributed by atoms with Crippen LogP contribution in [0.5, 0.6) is 0 Å². The van der Waals surface area contributed by atoms with Crippen LogP contribution in [-0.4, -0.2) is 65.1 Å². The summed E-state index contributed by atoms with van der Waals surface area (Å²) in [5, 5.41) is 10.9. The Morgan fingerprint density at radius 3 is 2.58 bits per heavy atom. The lowest BCUT2D eigenvalue weighted by Crippen LogP contribution is -2.42. The highest BCUT2D eigenvalue weighted by atomic mass is 19.2. The molecule has 208 valence electrons. The maximum atomic E-state index is 14.1. The number of urea groups is 1. The zero-order valence-corrected chi connectivity index (χ0v) is 22.7. The molecule has 8 nitrogen and oxygen atoms in total. The van der Waals surface area contributed by atoms with Crippen molar-refractivity contribution < 1.29 is 18.3 Å². The molecule has 0 aliphatic carbocycles. The van der Waals surface area contributed by atoms with Crippen LogP contribution in [0.4, 0.5) is 19.4 Å². The highest BCUT2D eigenvalue weighted by molar-refractivity contribution is 5.91. The number of carbonyl (C=O) groups excluding carboxylic acids is 1. The van der Waals surface area contributed by atoms with E-state index >= 15 is 0 Å². The van der Waals surface area contributed by atoms with Crippen LogP contribution in [0.2, 0.25) is 0 Å². The normalized spacial score (nSPS) is 17.2. The van der Waals surface area contributed by atoms with Crippen LogP contribution in [0.3, 0.4) is 0 Å². The van der Waals surface area contributed by atoms with Gasteiger partial charge in [0.25, 0.3) is 0 Å². The number of nitrogens with one attached hydrogen (secondary N) is 2. The summed E-state index contributed by atoms with van der Waals surface area (Å²) in [7, 11) is 1.63. The van der Waals surface area contributed by atoms with Gasteiger partial charge in [0.1, 0.15) is 5.82 Å². The second-order valence-corrected chi connectivity index (χ2v) is 10.1. The first kappa shape index (κ1) is 27.4. The third-order valence-electron chi connectivity index (χ3n) is 7.20. The monoisotopic (exact) mass is 546 g/mol. The molecule has 4 aromatic rings. The Morgan fingerprint density at radius 1 is 1.05 bits per heavy atom. The maximum Gasteiger partial charge on any atom is 0.320 e. The molecular weight excluding hydrogens is 514 g/mol. The van der Waals surface area contributed by atoms with E-state index in [1.54, 1.807) is 30.3 Å². The zero-order chi connectivity index (χ0) is 28.2. The molecular formula is C30H32F2N6O2. The van der Waals surface area contributed by atoms with E-state index < -0.39 is 17.7 Å². The number of benzene rings is 2. The molecule has 2 aromatic heterocycles. The Bertz CT molecular complexity index is 1490. The number of likely N-dealkylation sites (tertiary alicyclic amines) is 1. The van der Waals surface area contributed by atoms with Gasteiger partial charge in [-0.15, -0.1) is 0 Å². The molecule has 5 rings (SSSR count). The van der Waals surface area contributed by atoms with Crippen LogP contribution >= 0.6 is 0 Å². The number of amides is 2. The SMILES string of the molecule is COCCN1CC(NC(=O)Nc2c(C)c(-c3cncc(C)c3)nn2-c2ccccc2)C(c2ccc(F)c(F)c2)C1. The zero-order valence-electron chi connectivity index (χ0n) is 22.7. The molecule has 2 N–H and O–H groups in total. The Morgan fingerprint density at radius 2 is 1.85 bits per heavy atom. The van der Waals surface area contributed by atoms with E-state index in [1.165, 1.54) is 6.07 Å². The fraction of sp³-hybridized carbons (Fsp3) is 0.300. The average molecular weight is 547 g/mol. The van der Waals surface area contributed by atoms with Crippen LogP contribution in [0.25, 0.3) is 16.9 Å². The van der Waals surface area contributed by atoms with Gasteiger partial charge >= 0.3 is 6.03 Å². The van der Waals surface area contributed by atoms with E-state index in [-0.39, 0.29) is 12.0 Å². The minimum absolute atomic E-state index is 0.230. The molecule has 3 heterocycles. The summed E-state index contributed by atoms with van der Waals surface area (Å²) in [6, 6.07) is 14.7. The van der Waals surface area contributed by atoms with Crippen molar-refractivity contribution in [2.24, 2.45) is 0 Å². The van der Waals surface area contributed by atoms with Gasteiger partial charge in [-0.3, -0.25) is 15.2 Å². The molecule has 0 bridgehead atoms. The van der Waals surface area contributed by atoms with Crippen LogP contribution in [-0.2, 0) is 4.74 Å². The number of rotatable bonds is 8. The van der Waals surface area contributed by atoms with E-state index in [1.807, 2.05) is 50.2 Å². The first-order valence-corrected chi connectivity index (χ1v) is 13.1. The van der Waals surface area contributed by atoms with Crippen LogP contribution in [0.1, 0.15) is 22.6 Å². The molecule has 2 aromatic carbocycles. The van der Waals surface area contributed by atoms with Crippen molar-refractivity contribution in [2.75, 3.05) is 38.7 Å². The van der Waals surface area contributed by atoms with Gasteiger partial charge in [-0.1, -0.05) is 24.3 Å². The maximum absolute atomic E-state index is 14.1. The summed E-state index contributed by atoms with van der Waals surface area (Å²) in [4.78, 5) is 19.9. The molecule has 1 aliphatic heterocycles. The van der Waals surface area contributed by atoms with Crippen molar-refractivity contribution in [2.45, 2.75) is 25.8 Å². The van der Waals surface area contributed by atoms with E-state index in [0.29, 0.717) is 43.3 Å². The van der Waals surface area contributed by atoms with E-state index in [9.17, 15) is 13.6 Å².